The van der Waals surface area contributed by atoms with Crippen molar-refractivity contribution < 1.29 is 0 Å². The van der Waals surface area contributed by atoms with Gasteiger partial charge in [-0.25, -0.2) is 0 Å². The average Bonchev–Trinajstić information content (AvgIpc) is 2.46. The van der Waals surface area contributed by atoms with E-state index in [0.29, 0.717) is 5.92 Å². The molecule has 0 atom stereocenters. The lowest BCUT2D eigenvalue weighted by atomic mass is 9.89. The Hall–Kier alpha value is -1.28. The molecule has 2 nitrogen and oxygen atoms in total. The molecule has 1 aromatic rings. The smallest absolute Gasteiger partial charge is 0.0438 e. The fourth-order valence-electron chi connectivity index (χ4n) is 2.72. The standard InChI is InChI=1S/C16H24N2/c1-4-13-6-7-15(12-16(13)18(3)5-2)14-8-10-17-11-9-14/h5-7,12,14,17H,2,4,8-11H2,1,3H3. The van der Waals surface area contributed by atoms with E-state index in [9.17, 15) is 0 Å². The van der Waals surface area contributed by atoms with Gasteiger partial charge in [0.2, 0.25) is 0 Å². The van der Waals surface area contributed by atoms with Crippen LogP contribution in [0.4, 0.5) is 5.69 Å². The second kappa shape index (κ2) is 6.05. The molecule has 0 bridgehead atoms. The number of benzene rings is 1. The maximum Gasteiger partial charge on any atom is 0.0438 e. The van der Waals surface area contributed by atoms with E-state index >= 15 is 0 Å². The first kappa shape index (κ1) is 13.2. The molecule has 1 N–H and O–H groups in total. The van der Waals surface area contributed by atoms with Crippen LogP contribution in [0.15, 0.2) is 31.0 Å². The molecule has 18 heavy (non-hydrogen) atoms. The summed E-state index contributed by atoms with van der Waals surface area (Å²) in [4.78, 5) is 2.13. The second-order valence-electron chi connectivity index (χ2n) is 5.06. The molecule has 0 aromatic heterocycles. The van der Waals surface area contributed by atoms with Gasteiger partial charge in [-0.15, -0.1) is 0 Å². The SMILES string of the molecule is C=CN(C)c1cc(C2CCNCC2)ccc1CC. The number of anilines is 1. The van der Waals surface area contributed by atoms with Crippen LogP contribution in [-0.2, 0) is 6.42 Å². The third-order valence-electron chi connectivity index (χ3n) is 3.95. The van der Waals surface area contributed by atoms with Crippen LogP contribution in [0.2, 0.25) is 0 Å². The predicted octanol–water partition coefficient (Wildman–Crippen LogP) is 3.30. The summed E-state index contributed by atoms with van der Waals surface area (Å²) in [6.07, 6.45) is 5.46. The van der Waals surface area contributed by atoms with Crippen molar-refractivity contribution in [2.75, 3.05) is 25.0 Å². The Balaban J connectivity index is 2.29. The van der Waals surface area contributed by atoms with Gasteiger partial charge < -0.3 is 10.2 Å². The number of nitrogens with one attached hydrogen (secondary N) is 1. The third kappa shape index (κ3) is 2.75. The molecule has 1 fully saturated rings. The maximum atomic E-state index is 3.87. The molecule has 2 heteroatoms. The van der Waals surface area contributed by atoms with Crippen LogP contribution in [0.5, 0.6) is 0 Å². The van der Waals surface area contributed by atoms with E-state index < -0.39 is 0 Å². The summed E-state index contributed by atoms with van der Waals surface area (Å²) in [6, 6.07) is 6.96. The summed E-state index contributed by atoms with van der Waals surface area (Å²) >= 11 is 0. The van der Waals surface area contributed by atoms with E-state index in [-0.39, 0.29) is 0 Å². The number of hydrogen-bond acceptors (Lipinski definition) is 2. The van der Waals surface area contributed by atoms with Gasteiger partial charge in [0.1, 0.15) is 0 Å². The number of nitrogens with zero attached hydrogens (tertiary/aromatic N) is 1. The lowest BCUT2D eigenvalue weighted by molar-refractivity contribution is 0.460. The van der Waals surface area contributed by atoms with Crippen molar-refractivity contribution in [3.05, 3.63) is 42.1 Å². The number of aryl methyl sites for hydroxylation is 1. The third-order valence-corrected chi connectivity index (χ3v) is 3.95. The van der Waals surface area contributed by atoms with E-state index in [1.54, 1.807) is 0 Å². The van der Waals surface area contributed by atoms with Gasteiger partial charge in [-0.05, 0) is 61.7 Å². The Morgan fingerprint density at radius 2 is 2.11 bits per heavy atom. The van der Waals surface area contributed by atoms with E-state index in [2.05, 4.69) is 49.0 Å². The summed E-state index contributed by atoms with van der Waals surface area (Å²) in [5.41, 5.74) is 4.19. The number of hydrogen-bond donors (Lipinski definition) is 1. The lowest BCUT2D eigenvalue weighted by Crippen LogP contribution is -2.26. The first-order chi connectivity index (χ1) is 8.76. The molecule has 1 aromatic carbocycles. The van der Waals surface area contributed by atoms with E-state index in [4.69, 9.17) is 0 Å². The fraction of sp³-hybridized carbons (Fsp3) is 0.500. The largest absolute Gasteiger partial charge is 0.351 e. The van der Waals surface area contributed by atoms with Gasteiger partial charge in [-0.1, -0.05) is 25.6 Å². The molecular weight excluding hydrogens is 220 g/mol. The zero-order valence-corrected chi connectivity index (χ0v) is 11.6. The van der Waals surface area contributed by atoms with Crippen LogP contribution < -0.4 is 10.2 Å². The predicted molar refractivity (Wildman–Crippen MR) is 79.3 cm³/mol. The first-order valence-corrected chi connectivity index (χ1v) is 6.95. The van der Waals surface area contributed by atoms with Crippen molar-refractivity contribution in [2.24, 2.45) is 0 Å². The molecule has 0 saturated carbocycles. The van der Waals surface area contributed by atoms with Gasteiger partial charge in [0.05, 0.1) is 0 Å². The van der Waals surface area contributed by atoms with Gasteiger partial charge in [0, 0.05) is 12.7 Å². The highest BCUT2D eigenvalue weighted by Gasteiger charge is 2.16. The molecule has 0 unspecified atom stereocenters. The highest BCUT2D eigenvalue weighted by molar-refractivity contribution is 5.57. The lowest BCUT2D eigenvalue weighted by Gasteiger charge is -2.25. The van der Waals surface area contributed by atoms with Crippen molar-refractivity contribution in [3.63, 3.8) is 0 Å². The minimum absolute atomic E-state index is 0.717. The fourth-order valence-corrected chi connectivity index (χ4v) is 2.72. The summed E-state index contributed by atoms with van der Waals surface area (Å²) in [6.45, 7) is 8.37. The van der Waals surface area contributed by atoms with Crippen LogP contribution in [0.1, 0.15) is 36.8 Å². The quantitative estimate of drug-likeness (QED) is 0.874. The van der Waals surface area contributed by atoms with Crippen molar-refractivity contribution >= 4 is 5.69 Å². The van der Waals surface area contributed by atoms with Gasteiger partial charge >= 0.3 is 0 Å². The number of rotatable bonds is 4. The van der Waals surface area contributed by atoms with E-state index in [1.165, 1.54) is 29.7 Å². The molecule has 2 rings (SSSR count). The molecular formula is C16H24N2. The van der Waals surface area contributed by atoms with Crippen LogP contribution >= 0.6 is 0 Å². The summed E-state index contributed by atoms with van der Waals surface area (Å²) in [5, 5.41) is 3.43. The van der Waals surface area contributed by atoms with Crippen molar-refractivity contribution in [2.45, 2.75) is 32.1 Å². The highest BCUT2D eigenvalue weighted by Crippen LogP contribution is 2.30. The Bertz CT molecular complexity index is 406. The average molecular weight is 244 g/mol. The van der Waals surface area contributed by atoms with Crippen molar-refractivity contribution in [1.82, 2.24) is 5.32 Å². The molecule has 98 valence electrons. The maximum absolute atomic E-state index is 3.87. The zero-order chi connectivity index (χ0) is 13.0. The van der Waals surface area contributed by atoms with Crippen LogP contribution in [0.3, 0.4) is 0 Å². The Labute approximate surface area is 111 Å². The Kier molecular flexibility index (Phi) is 4.43. The second-order valence-corrected chi connectivity index (χ2v) is 5.06. The van der Waals surface area contributed by atoms with Gasteiger partial charge in [0.15, 0.2) is 0 Å². The first-order valence-electron chi connectivity index (χ1n) is 6.95. The molecule has 0 aliphatic carbocycles. The van der Waals surface area contributed by atoms with Gasteiger partial charge in [-0.2, -0.15) is 0 Å². The van der Waals surface area contributed by atoms with E-state index in [0.717, 1.165) is 19.5 Å². The monoisotopic (exact) mass is 244 g/mol. The Morgan fingerprint density at radius 1 is 1.39 bits per heavy atom. The topological polar surface area (TPSA) is 15.3 Å². The minimum atomic E-state index is 0.717. The van der Waals surface area contributed by atoms with Crippen LogP contribution in [-0.4, -0.2) is 20.1 Å². The highest BCUT2D eigenvalue weighted by atomic mass is 15.1. The summed E-state index contributed by atoms with van der Waals surface area (Å²) in [5.74, 6) is 0.717. The zero-order valence-electron chi connectivity index (χ0n) is 11.6. The molecule has 1 saturated heterocycles. The van der Waals surface area contributed by atoms with Crippen molar-refractivity contribution in [1.29, 1.82) is 0 Å². The minimum Gasteiger partial charge on any atom is -0.351 e. The van der Waals surface area contributed by atoms with Gasteiger partial charge in [-0.3, -0.25) is 0 Å². The van der Waals surface area contributed by atoms with Crippen LogP contribution in [0, 0.1) is 0 Å². The molecule has 1 aliphatic heterocycles. The molecule has 0 radical (unpaired) electrons. The van der Waals surface area contributed by atoms with E-state index in [1.807, 2.05) is 6.20 Å². The molecule has 1 heterocycles. The Morgan fingerprint density at radius 3 is 2.72 bits per heavy atom. The van der Waals surface area contributed by atoms with Crippen molar-refractivity contribution in [3.8, 4) is 0 Å². The van der Waals surface area contributed by atoms with Crippen LogP contribution in [0.25, 0.3) is 0 Å². The summed E-state index contributed by atoms with van der Waals surface area (Å²) in [7, 11) is 2.08. The summed E-state index contributed by atoms with van der Waals surface area (Å²) < 4.78 is 0. The van der Waals surface area contributed by atoms with Gasteiger partial charge in [0.25, 0.3) is 0 Å². The molecule has 0 spiro atoms. The number of piperidine rings is 1. The normalized spacial score (nSPS) is 16.6. The molecule has 1 aliphatic rings. The molecule has 0 amide bonds.